The first kappa shape index (κ1) is 20.0. The summed E-state index contributed by atoms with van der Waals surface area (Å²) in [4.78, 5) is 31.1. The average molecular weight is 422 g/mol. The van der Waals surface area contributed by atoms with Gasteiger partial charge in [0.25, 0.3) is 0 Å². The zero-order valence-electron chi connectivity index (χ0n) is 16.6. The number of nitrogens with zero attached hydrogens (tertiary/aromatic N) is 3. The summed E-state index contributed by atoms with van der Waals surface area (Å²) in [6.07, 6.45) is 0.666. The summed E-state index contributed by atoms with van der Waals surface area (Å²) in [5, 5.41) is 0. The van der Waals surface area contributed by atoms with Gasteiger partial charge >= 0.3 is 0 Å². The first-order chi connectivity index (χ1) is 13.9. The summed E-state index contributed by atoms with van der Waals surface area (Å²) in [7, 11) is -1.41. The molecule has 3 fully saturated rings. The number of benzene rings is 1. The van der Waals surface area contributed by atoms with Gasteiger partial charge in [0, 0.05) is 56.9 Å². The number of ether oxygens (including phenoxy) is 1. The molecule has 3 saturated heterocycles. The number of carbonyl (C=O) groups is 2. The van der Waals surface area contributed by atoms with Crippen molar-refractivity contribution < 1.29 is 22.7 Å². The van der Waals surface area contributed by atoms with E-state index in [9.17, 15) is 18.0 Å². The Morgan fingerprint density at radius 3 is 2.59 bits per heavy atom. The third kappa shape index (κ3) is 4.19. The number of piperazine rings is 1. The molecule has 3 aliphatic rings. The molecule has 158 valence electrons. The monoisotopic (exact) mass is 421 g/mol. The van der Waals surface area contributed by atoms with Gasteiger partial charge in [-0.05, 0) is 18.6 Å². The lowest BCUT2D eigenvalue weighted by Gasteiger charge is -2.37. The van der Waals surface area contributed by atoms with E-state index in [-0.39, 0.29) is 41.7 Å². The molecule has 3 heterocycles. The fraction of sp³-hybridized carbons (Fsp3) is 0.600. The van der Waals surface area contributed by atoms with E-state index >= 15 is 0 Å². The SMILES string of the molecule is COc1cccc(N2CCN(C(=O)C3CC(=O)N(C4CCS(=O)(=O)C4)C3)CC2)c1. The topological polar surface area (TPSA) is 87.2 Å². The Morgan fingerprint density at radius 2 is 1.93 bits per heavy atom. The standard InChI is InChI=1S/C20H27N3O5S/c1-28-18-4-2-3-16(12-18)21-6-8-22(9-7-21)20(25)15-11-19(24)23(13-15)17-5-10-29(26,27)14-17/h2-4,12,15,17H,5-11,13-14H2,1H3. The van der Waals surface area contributed by atoms with Crippen LogP contribution in [0, 0.1) is 5.92 Å². The molecule has 0 bridgehead atoms. The van der Waals surface area contributed by atoms with Crippen LogP contribution in [0.1, 0.15) is 12.8 Å². The molecule has 0 radical (unpaired) electrons. The van der Waals surface area contributed by atoms with Gasteiger partial charge in [-0.2, -0.15) is 0 Å². The van der Waals surface area contributed by atoms with Crippen molar-refractivity contribution in [3.63, 3.8) is 0 Å². The zero-order valence-corrected chi connectivity index (χ0v) is 17.4. The molecule has 0 aromatic heterocycles. The van der Waals surface area contributed by atoms with E-state index in [1.165, 1.54) is 0 Å². The lowest BCUT2D eigenvalue weighted by Crippen LogP contribution is -2.50. The first-order valence-electron chi connectivity index (χ1n) is 10.0. The Bertz CT molecular complexity index is 895. The van der Waals surface area contributed by atoms with Gasteiger partial charge < -0.3 is 19.4 Å². The molecule has 0 spiro atoms. The van der Waals surface area contributed by atoms with E-state index in [2.05, 4.69) is 4.90 Å². The molecule has 1 aromatic rings. The van der Waals surface area contributed by atoms with Gasteiger partial charge in [0.05, 0.1) is 24.5 Å². The smallest absolute Gasteiger partial charge is 0.228 e. The lowest BCUT2D eigenvalue weighted by molar-refractivity contribution is -0.136. The van der Waals surface area contributed by atoms with Crippen LogP contribution in [0.15, 0.2) is 24.3 Å². The molecule has 9 heteroatoms. The summed E-state index contributed by atoms with van der Waals surface area (Å²) in [6.45, 7) is 3.01. The number of rotatable bonds is 4. The highest BCUT2D eigenvalue weighted by molar-refractivity contribution is 7.91. The Hall–Kier alpha value is -2.29. The van der Waals surface area contributed by atoms with E-state index in [1.807, 2.05) is 29.2 Å². The fourth-order valence-corrected chi connectivity index (χ4v) is 6.25. The van der Waals surface area contributed by atoms with Crippen molar-refractivity contribution in [2.24, 2.45) is 5.92 Å². The summed E-state index contributed by atoms with van der Waals surface area (Å²) in [5.74, 6) is 0.506. The normalized spacial score (nSPS) is 26.8. The van der Waals surface area contributed by atoms with Gasteiger partial charge in [-0.15, -0.1) is 0 Å². The van der Waals surface area contributed by atoms with E-state index in [4.69, 9.17) is 4.74 Å². The molecule has 2 unspecified atom stereocenters. The second-order valence-corrected chi connectivity index (χ2v) is 10.2. The highest BCUT2D eigenvalue weighted by Crippen LogP contribution is 2.28. The quantitative estimate of drug-likeness (QED) is 0.699. The molecule has 0 saturated carbocycles. The molecule has 0 N–H and O–H groups in total. The molecule has 2 atom stereocenters. The van der Waals surface area contributed by atoms with Crippen LogP contribution in [0.4, 0.5) is 5.69 Å². The number of anilines is 1. The number of likely N-dealkylation sites (tertiary alicyclic amines) is 1. The third-order valence-electron chi connectivity index (χ3n) is 6.17. The molecule has 1 aromatic carbocycles. The Kier molecular flexibility index (Phi) is 5.42. The number of carbonyl (C=O) groups excluding carboxylic acids is 2. The number of amides is 2. The summed E-state index contributed by atoms with van der Waals surface area (Å²) in [5.41, 5.74) is 1.07. The predicted octanol–water partition coefficient (Wildman–Crippen LogP) is 0.379. The molecular weight excluding hydrogens is 394 g/mol. The van der Waals surface area contributed by atoms with Crippen LogP contribution in [0.2, 0.25) is 0 Å². The zero-order chi connectivity index (χ0) is 20.6. The van der Waals surface area contributed by atoms with Crippen LogP contribution in [-0.2, 0) is 19.4 Å². The van der Waals surface area contributed by atoms with Gasteiger partial charge in [-0.3, -0.25) is 9.59 Å². The van der Waals surface area contributed by atoms with Gasteiger partial charge in [0.15, 0.2) is 9.84 Å². The number of sulfone groups is 1. The van der Waals surface area contributed by atoms with Gasteiger partial charge in [-0.25, -0.2) is 8.42 Å². The second kappa shape index (κ2) is 7.85. The maximum Gasteiger partial charge on any atom is 0.228 e. The van der Waals surface area contributed by atoms with Crippen LogP contribution in [0.5, 0.6) is 5.75 Å². The summed E-state index contributed by atoms with van der Waals surface area (Å²) < 4.78 is 28.7. The molecule has 8 nitrogen and oxygen atoms in total. The molecule has 2 amide bonds. The van der Waals surface area contributed by atoms with Crippen molar-refractivity contribution in [1.29, 1.82) is 0 Å². The van der Waals surface area contributed by atoms with E-state index in [1.54, 1.807) is 12.0 Å². The Labute approximate surface area is 171 Å². The van der Waals surface area contributed by atoms with Crippen LogP contribution in [-0.4, -0.2) is 87.4 Å². The molecule has 29 heavy (non-hydrogen) atoms. The maximum atomic E-state index is 13.0. The first-order valence-corrected chi connectivity index (χ1v) is 11.9. The molecule has 4 rings (SSSR count). The van der Waals surface area contributed by atoms with Crippen LogP contribution >= 0.6 is 0 Å². The Morgan fingerprint density at radius 1 is 1.17 bits per heavy atom. The van der Waals surface area contributed by atoms with Crippen molar-refractivity contribution in [3.05, 3.63) is 24.3 Å². The Balaban J connectivity index is 1.33. The highest BCUT2D eigenvalue weighted by atomic mass is 32.2. The van der Waals surface area contributed by atoms with Crippen molar-refractivity contribution in [2.45, 2.75) is 18.9 Å². The van der Waals surface area contributed by atoms with Crippen molar-refractivity contribution in [2.75, 3.05) is 56.2 Å². The van der Waals surface area contributed by atoms with Gasteiger partial charge in [-0.1, -0.05) is 6.07 Å². The number of hydrogen-bond donors (Lipinski definition) is 0. The highest BCUT2D eigenvalue weighted by Gasteiger charge is 2.43. The van der Waals surface area contributed by atoms with Gasteiger partial charge in [0.1, 0.15) is 5.75 Å². The minimum atomic E-state index is -3.06. The van der Waals surface area contributed by atoms with Crippen molar-refractivity contribution in [1.82, 2.24) is 9.80 Å². The predicted molar refractivity (Wildman–Crippen MR) is 109 cm³/mol. The van der Waals surface area contributed by atoms with Gasteiger partial charge in [0.2, 0.25) is 11.8 Å². The van der Waals surface area contributed by atoms with Crippen LogP contribution < -0.4 is 9.64 Å². The van der Waals surface area contributed by atoms with E-state index in [0.717, 1.165) is 24.5 Å². The minimum Gasteiger partial charge on any atom is -0.497 e. The fourth-order valence-electron chi connectivity index (χ4n) is 4.52. The lowest BCUT2D eigenvalue weighted by atomic mass is 10.1. The van der Waals surface area contributed by atoms with Crippen LogP contribution in [0.3, 0.4) is 0 Å². The van der Waals surface area contributed by atoms with Crippen molar-refractivity contribution in [3.8, 4) is 5.75 Å². The largest absolute Gasteiger partial charge is 0.497 e. The number of methoxy groups -OCH3 is 1. The van der Waals surface area contributed by atoms with E-state index in [0.29, 0.717) is 26.1 Å². The molecule has 3 aliphatic heterocycles. The maximum absolute atomic E-state index is 13.0. The molecular formula is C20H27N3O5S. The number of hydrogen-bond acceptors (Lipinski definition) is 6. The average Bonchev–Trinajstić information content (AvgIpc) is 3.29. The van der Waals surface area contributed by atoms with E-state index < -0.39 is 9.84 Å². The second-order valence-electron chi connectivity index (χ2n) is 8.02. The summed E-state index contributed by atoms with van der Waals surface area (Å²) >= 11 is 0. The molecule has 0 aliphatic carbocycles. The van der Waals surface area contributed by atoms with Crippen molar-refractivity contribution >= 4 is 27.3 Å². The third-order valence-corrected chi connectivity index (χ3v) is 7.92. The minimum absolute atomic E-state index is 0.00648. The van der Waals surface area contributed by atoms with Crippen LogP contribution in [0.25, 0.3) is 0 Å². The summed E-state index contributed by atoms with van der Waals surface area (Å²) in [6, 6.07) is 7.61.